The molecule has 0 aromatic heterocycles. The number of aliphatic imine (C=N–C) groups is 1. The van der Waals surface area contributed by atoms with Crippen molar-refractivity contribution in [1.29, 1.82) is 0 Å². The summed E-state index contributed by atoms with van der Waals surface area (Å²) < 4.78 is 11.6. The topological polar surface area (TPSA) is 47.9 Å². The second kappa shape index (κ2) is 5.08. The van der Waals surface area contributed by atoms with Crippen LogP contribution in [0.1, 0.15) is 19.4 Å². The van der Waals surface area contributed by atoms with Gasteiger partial charge >= 0.3 is 0 Å². The molecule has 0 saturated heterocycles. The number of carbonyl (C=O) groups excluding carboxylic acids is 1. The van der Waals surface area contributed by atoms with E-state index >= 15 is 0 Å². The van der Waals surface area contributed by atoms with E-state index in [4.69, 9.17) is 9.47 Å². The highest BCUT2D eigenvalue weighted by Gasteiger charge is 2.30. The van der Waals surface area contributed by atoms with E-state index in [1.165, 1.54) is 6.08 Å². The third-order valence-corrected chi connectivity index (χ3v) is 3.28. The molecule has 0 fully saturated rings. The molecule has 2 aromatic rings. The zero-order chi connectivity index (χ0) is 14.9. The minimum Gasteiger partial charge on any atom is -0.487 e. The van der Waals surface area contributed by atoms with Crippen LogP contribution < -0.4 is 9.47 Å². The lowest BCUT2D eigenvalue weighted by Gasteiger charge is -2.16. The third kappa shape index (κ3) is 2.96. The van der Waals surface area contributed by atoms with Crippen molar-refractivity contribution in [3.8, 4) is 17.2 Å². The maximum Gasteiger partial charge on any atom is 0.240 e. The van der Waals surface area contributed by atoms with Gasteiger partial charge in [0.2, 0.25) is 6.08 Å². The standard InChI is InChI=1S/C17H15NO3/c1-17(2)10-12-9-15(7-8-16(12)21-17)20-14-5-3-13(4-6-14)18-11-19/h3-9H,10H2,1-2H3. The average molecular weight is 281 g/mol. The molecule has 0 spiro atoms. The maximum atomic E-state index is 10.2. The summed E-state index contributed by atoms with van der Waals surface area (Å²) in [5, 5.41) is 0. The van der Waals surface area contributed by atoms with Crippen LogP contribution in [-0.2, 0) is 11.2 Å². The van der Waals surface area contributed by atoms with E-state index < -0.39 is 0 Å². The van der Waals surface area contributed by atoms with Crippen molar-refractivity contribution >= 4 is 11.8 Å². The molecule has 0 saturated carbocycles. The van der Waals surface area contributed by atoms with Crippen molar-refractivity contribution in [3.05, 3.63) is 48.0 Å². The number of ether oxygens (including phenoxy) is 2. The summed E-state index contributed by atoms with van der Waals surface area (Å²) in [7, 11) is 0. The number of isocyanates is 1. The summed E-state index contributed by atoms with van der Waals surface area (Å²) in [4.78, 5) is 13.7. The number of rotatable bonds is 3. The lowest BCUT2D eigenvalue weighted by molar-refractivity contribution is 0.138. The third-order valence-electron chi connectivity index (χ3n) is 3.28. The Kier molecular flexibility index (Phi) is 3.24. The molecule has 0 atom stereocenters. The van der Waals surface area contributed by atoms with Crippen LogP contribution in [0.3, 0.4) is 0 Å². The Bertz CT molecular complexity index is 713. The van der Waals surface area contributed by atoms with E-state index in [1.54, 1.807) is 24.3 Å². The number of nitrogens with zero attached hydrogens (tertiary/aromatic N) is 1. The van der Waals surface area contributed by atoms with Gasteiger partial charge < -0.3 is 9.47 Å². The minimum absolute atomic E-state index is 0.157. The van der Waals surface area contributed by atoms with Gasteiger partial charge in [0.05, 0.1) is 5.69 Å². The first-order valence-electron chi connectivity index (χ1n) is 6.73. The van der Waals surface area contributed by atoms with Crippen LogP contribution in [0.5, 0.6) is 17.2 Å². The first-order valence-corrected chi connectivity index (χ1v) is 6.73. The van der Waals surface area contributed by atoms with Crippen LogP contribution in [0.4, 0.5) is 5.69 Å². The Morgan fingerprint density at radius 2 is 1.86 bits per heavy atom. The quantitative estimate of drug-likeness (QED) is 0.627. The number of benzene rings is 2. The maximum absolute atomic E-state index is 10.2. The lowest BCUT2D eigenvalue weighted by atomic mass is 10.0. The molecule has 0 aliphatic carbocycles. The molecule has 1 heterocycles. The van der Waals surface area contributed by atoms with E-state index in [1.807, 2.05) is 18.2 Å². The van der Waals surface area contributed by atoms with Gasteiger partial charge in [-0.3, -0.25) is 0 Å². The van der Waals surface area contributed by atoms with Gasteiger partial charge in [0.15, 0.2) is 0 Å². The molecule has 0 radical (unpaired) electrons. The molecule has 1 aliphatic rings. The Morgan fingerprint density at radius 1 is 1.14 bits per heavy atom. The predicted octanol–water partition coefficient (Wildman–Crippen LogP) is 4.16. The van der Waals surface area contributed by atoms with Crippen LogP contribution in [0.15, 0.2) is 47.5 Å². The van der Waals surface area contributed by atoms with Crippen molar-refractivity contribution in [2.75, 3.05) is 0 Å². The highest BCUT2D eigenvalue weighted by molar-refractivity contribution is 5.51. The van der Waals surface area contributed by atoms with Crippen molar-refractivity contribution in [3.63, 3.8) is 0 Å². The highest BCUT2D eigenvalue weighted by Crippen LogP contribution is 2.37. The fourth-order valence-corrected chi connectivity index (χ4v) is 2.43. The number of fused-ring (bicyclic) bond motifs is 1. The molecular weight excluding hydrogens is 266 g/mol. The molecule has 0 unspecified atom stereocenters. The van der Waals surface area contributed by atoms with E-state index in [2.05, 4.69) is 18.8 Å². The van der Waals surface area contributed by atoms with Gasteiger partial charge in [-0.2, -0.15) is 4.99 Å². The fourth-order valence-electron chi connectivity index (χ4n) is 2.43. The van der Waals surface area contributed by atoms with E-state index in [-0.39, 0.29) is 5.60 Å². The zero-order valence-electron chi connectivity index (χ0n) is 11.9. The molecule has 3 rings (SSSR count). The van der Waals surface area contributed by atoms with Crippen LogP contribution >= 0.6 is 0 Å². The summed E-state index contributed by atoms with van der Waals surface area (Å²) in [5.74, 6) is 2.38. The summed E-state index contributed by atoms with van der Waals surface area (Å²) in [6, 6.07) is 12.8. The van der Waals surface area contributed by atoms with Crippen molar-refractivity contribution in [2.24, 2.45) is 4.99 Å². The molecule has 21 heavy (non-hydrogen) atoms. The van der Waals surface area contributed by atoms with Gasteiger partial charge in [0, 0.05) is 12.0 Å². The SMILES string of the molecule is CC1(C)Cc2cc(Oc3ccc(N=C=O)cc3)ccc2O1. The van der Waals surface area contributed by atoms with Gasteiger partial charge in [-0.05, 0) is 56.3 Å². The monoisotopic (exact) mass is 281 g/mol. The number of hydrogen-bond acceptors (Lipinski definition) is 4. The largest absolute Gasteiger partial charge is 0.487 e. The molecular formula is C17H15NO3. The first kappa shape index (κ1) is 13.4. The Balaban J connectivity index is 1.79. The second-order valence-corrected chi connectivity index (χ2v) is 5.61. The van der Waals surface area contributed by atoms with E-state index in [0.29, 0.717) is 11.4 Å². The predicted molar refractivity (Wildman–Crippen MR) is 79.2 cm³/mol. The molecule has 106 valence electrons. The van der Waals surface area contributed by atoms with Crippen LogP contribution in [0, 0.1) is 0 Å². The average Bonchev–Trinajstić information content (AvgIpc) is 2.74. The van der Waals surface area contributed by atoms with Crippen LogP contribution in [-0.4, -0.2) is 11.7 Å². The molecule has 4 heteroatoms. The zero-order valence-corrected chi connectivity index (χ0v) is 11.9. The second-order valence-electron chi connectivity index (χ2n) is 5.61. The molecule has 0 N–H and O–H groups in total. The summed E-state index contributed by atoms with van der Waals surface area (Å²) in [6.07, 6.45) is 2.38. The van der Waals surface area contributed by atoms with E-state index in [0.717, 1.165) is 23.5 Å². The number of hydrogen-bond donors (Lipinski definition) is 0. The van der Waals surface area contributed by atoms with Gasteiger partial charge in [-0.15, -0.1) is 0 Å². The van der Waals surface area contributed by atoms with Crippen molar-refractivity contribution < 1.29 is 14.3 Å². The molecule has 2 aromatic carbocycles. The van der Waals surface area contributed by atoms with Crippen LogP contribution in [0.25, 0.3) is 0 Å². The van der Waals surface area contributed by atoms with Crippen molar-refractivity contribution in [2.45, 2.75) is 25.9 Å². The van der Waals surface area contributed by atoms with Crippen LogP contribution in [0.2, 0.25) is 0 Å². The minimum atomic E-state index is -0.157. The first-order chi connectivity index (χ1) is 10.1. The highest BCUT2D eigenvalue weighted by atomic mass is 16.5. The Hall–Kier alpha value is -2.58. The lowest BCUT2D eigenvalue weighted by Crippen LogP contribution is -2.24. The van der Waals surface area contributed by atoms with Gasteiger partial charge in [0.25, 0.3) is 0 Å². The van der Waals surface area contributed by atoms with Gasteiger partial charge in [0.1, 0.15) is 22.8 Å². The van der Waals surface area contributed by atoms with E-state index in [9.17, 15) is 4.79 Å². The molecule has 0 amide bonds. The van der Waals surface area contributed by atoms with Gasteiger partial charge in [-0.25, -0.2) is 4.79 Å². The van der Waals surface area contributed by atoms with Crippen molar-refractivity contribution in [1.82, 2.24) is 0 Å². The van der Waals surface area contributed by atoms with Gasteiger partial charge in [-0.1, -0.05) is 0 Å². The summed E-state index contributed by atoms with van der Waals surface area (Å²) >= 11 is 0. The Labute approximate surface area is 123 Å². The Morgan fingerprint density at radius 3 is 2.57 bits per heavy atom. The molecule has 0 bridgehead atoms. The fraction of sp³-hybridized carbons (Fsp3) is 0.235. The molecule has 1 aliphatic heterocycles. The smallest absolute Gasteiger partial charge is 0.240 e. The summed E-state index contributed by atoms with van der Waals surface area (Å²) in [5.41, 5.74) is 1.55. The normalized spacial score (nSPS) is 14.8. The molecule has 4 nitrogen and oxygen atoms in total. The summed E-state index contributed by atoms with van der Waals surface area (Å²) in [6.45, 7) is 4.14.